The fourth-order valence-corrected chi connectivity index (χ4v) is 3.96. The lowest BCUT2D eigenvalue weighted by atomic mass is 9.90. The molecule has 0 spiro atoms. The number of hydrogen-bond donors (Lipinski definition) is 2. The standard InChI is InChI=1S/C15H26N2O2S/c1-12(2)15(4,11-16)17-20(18,19)10-13(3)14-8-6-5-7-9-14/h5-9,12-13,17H,10-11,16H2,1-4H3. The van der Waals surface area contributed by atoms with Gasteiger partial charge in [-0.15, -0.1) is 0 Å². The van der Waals surface area contributed by atoms with Crippen LogP contribution in [0.25, 0.3) is 0 Å². The number of nitrogens with two attached hydrogens (primary N) is 1. The van der Waals surface area contributed by atoms with Crippen LogP contribution in [0.3, 0.4) is 0 Å². The Morgan fingerprint density at radius 2 is 1.75 bits per heavy atom. The molecule has 0 aromatic heterocycles. The van der Waals surface area contributed by atoms with E-state index in [4.69, 9.17) is 5.73 Å². The lowest BCUT2D eigenvalue weighted by Gasteiger charge is -2.33. The first kappa shape index (κ1) is 17.1. The second kappa shape index (κ2) is 6.70. The zero-order chi connectivity index (χ0) is 15.4. The maximum absolute atomic E-state index is 12.3. The molecule has 0 radical (unpaired) electrons. The van der Waals surface area contributed by atoms with Gasteiger partial charge in [-0.25, -0.2) is 13.1 Å². The first-order chi connectivity index (χ1) is 9.20. The van der Waals surface area contributed by atoms with Crippen LogP contribution in [0.4, 0.5) is 0 Å². The quantitative estimate of drug-likeness (QED) is 0.809. The van der Waals surface area contributed by atoms with Crippen molar-refractivity contribution in [1.29, 1.82) is 0 Å². The summed E-state index contributed by atoms with van der Waals surface area (Å²) in [6, 6.07) is 9.66. The third kappa shape index (κ3) is 4.58. The van der Waals surface area contributed by atoms with Crippen molar-refractivity contribution >= 4 is 10.0 Å². The zero-order valence-electron chi connectivity index (χ0n) is 12.8. The summed E-state index contributed by atoms with van der Waals surface area (Å²) in [6.45, 7) is 7.99. The number of rotatable bonds is 7. The average Bonchev–Trinajstić information content (AvgIpc) is 2.38. The summed E-state index contributed by atoms with van der Waals surface area (Å²) >= 11 is 0. The number of sulfonamides is 1. The summed E-state index contributed by atoms with van der Waals surface area (Å²) in [6.07, 6.45) is 0. The first-order valence-corrected chi connectivity index (χ1v) is 8.62. The van der Waals surface area contributed by atoms with Crippen LogP contribution in [-0.2, 0) is 10.0 Å². The monoisotopic (exact) mass is 298 g/mol. The van der Waals surface area contributed by atoms with Gasteiger partial charge < -0.3 is 5.73 Å². The molecule has 0 aliphatic heterocycles. The van der Waals surface area contributed by atoms with E-state index >= 15 is 0 Å². The van der Waals surface area contributed by atoms with Crippen LogP contribution in [-0.4, -0.2) is 26.3 Å². The fourth-order valence-electron chi connectivity index (χ4n) is 2.00. The molecule has 0 heterocycles. The Morgan fingerprint density at radius 1 is 1.20 bits per heavy atom. The molecule has 4 nitrogen and oxygen atoms in total. The van der Waals surface area contributed by atoms with Crippen LogP contribution in [0, 0.1) is 5.92 Å². The highest BCUT2D eigenvalue weighted by Gasteiger charge is 2.32. The van der Waals surface area contributed by atoms with Gasteiger partial charge in [0.25, 0.3) is 0 Å². The molecule has 114 valence electrons. The molecule has 2 atom stereocenters. The topological polar surface area (TPSA) is 72.2 Å². The van der Waals surface area contributed by atoms with Gasteiger partial charge in [-0.3, -0.25) is 0 Å². The van der Waals surface area contributed by atoms with E-state index in [-0.39, 0.29) is 24.1 Å². The molecule has 0 aliphatic carbocycles. The summed E-state index contributed by atoms with van der Waals surface area (Å²) < 4.78 is 27.4. The highest BCUT2D eigenvalue weighted by molar-refractivity contribution is 7.89. The molecular formula is C15H26N2O2S. The smallest absolute Gasteiger partial charge is 0.212 e. The Labute approximate surface area is 122 Å². The van der Waals surface area contributed by atoms with Crippen molar-refractivity contribution in [3.8, 4) is 0 Å². The Balaban J connectivity index is 2.80. The predicted molar refractivity (Wildman–Crippen MR) is 84.1 cm³/mol. The van der Waals surface area contributed by atoms with E-state index in [1.54, 1.807) is 0 Å². The van der Waals surface area contributed by atoms with Crippen molar-refractivity contribution in [2.45, 2.75) is 39.2 Å². The second-order valence-corrected chi connectivity index (χ2v) is 7.74. The lowest BCUT2D eigenvalue weighted by Crippen LogP contribution is -2.55. The number of hydrogen-bond acceptors (Lipinski definition) is 3. The largest absolute Gasteiger partial charge is 0.329 e. The molecule has 1 rings (SSSR count). The van der Waals surface area contributed by atoms with Crippen molar-refractivity contribution in [2.75, 3.05) is 12.3 Å². The first-order valence-electron chi connectivity index (χ1n) is 6.97. The minimum absolute atomic E-state index is 0.0529. The molecule has 1 aromatic rings. The SMILES string of the molecule is CC(CS(=O)(=O)NC(C)(CN)C(C)C)c1ccccc1. The fraction of sp³-hybridized carbons (Fsp3) is 0.600. The van der Waals surface area contributed by atoms with Crippen molar-refractivity contribution in [2.24, 2.45) is 11.7 Å². The van der Waals surface area contributed by atoms with Gasteiger partial charge in [0, 0.05) is 12.1 Å². The Hall–Kier alpha value is -0.910. The maximum atomic E-state index is 12.3. The van der Waals surface area contributed by atoms with E-state index in [0.717, 1.165) is 5.56 Å². The van der Waals surface area contributed by atoms with Crippen LogP contribution in [0.5, 0.6) is 0 Å². The van der Waals surface area contributed by atoms with Crippen LogP contribution in [0.1, 0.15) is 39.2 Å². The molecule has 3 N–H and O–H groups in total. The zero-order valence-corrected chi connectivity index (χ0v) is 13.6. The molecule has 2 unspecified atom stereocenters. The van der Waals surface area contributed by atoms with Crippen molar-refractivity contribution in [1.82, 2.24) is 4.72 Å². The summed E-state index contributed by atoms with van der Waals surface area (Å²) in [5.41, 5.74) is 6.15. The molecule has 1 aromatic carbocycles. The van der Waals surface area contributed by atoms with E-state index in [1.807, 2.05) is 58.0 Å². The van der Waals surface area contributed by atoms with E-state index in [1.165, 1.54) is 0 Å². The summed E-state index contributed by atoms with van der Waals surface area (Å²) in [5.74, 6) is 0.150. The predicted octanol–water partition coefficient (Wildman–Crippen LogP) is 2.08. The maximum Gasteiger partial charge on any atom is 0.212 e. The third-order valence-corrected chi connectivity index (χ3v) is 5.64. The van der Waals surface area contributed by atoms with E-state index in [2.05, 4.69) is 4.72 Å². The second-order valence-electron chi connectivity index (χ2n) is 5.97. The summed E-state index contributed by atoms with van der Waals surface area (Å²) in [4.78, 5) is 0. The third-order valence-electron chi connectivity index (χ3n) is 3.92. The highest BCUT2D eigenvalue weighted by Crippen LogP contribution is 2.20. The van der Waals surface area contributed by atoms with Gasteiger partial charge in [-0.2, -0.15) is 0 Å². The minimum Gasteiger partial charge on any atom is -0.329 e. The van der Waals surface area contributed by atoms with Crippen LogP contribution in [0.2, 0.25) is 0 Å². The summed E-state index contributed by atoms with van der Waals surface area (Å²) in [7, 11) is -3.37. The van der Waals surface area contributed by atoms with Crippen molar-refractivity contribution in [3.05, 3.63) is 35.9 Å². The molecular weight excluding hydrogens is 272 g/mol. The Kier molecular flexibility index (Phi) is 5.74. The van der Waals surface area contributed by atoms with Crippen molar-refractivity contribution in [3.63, 3.8) is 0 Å². The molecule has 5 heteroatoms. The molecule has 0 saturated carbocycles. The van der Waals surface area contributed by atoms with E-state index in [9.17, 15) is 8.42 Å². The normalized spacial score (nSPS) is 16.9. The molecule has 0 saturated heterocycles. The lowest BCUT2D eigenvalue weighted by molar-refractivity contribution is 0.314. The van der Waals surface area contributed by atoms with Crippen molar-refractivity contribution < 1.29 is 8.42 Å². The number of benzene rings is 1. The molecule has 0 aliphatic rings. The van der Waals surface area contributed by atoms with Gasteiger partial charge in [0.05, 0.1) is 5.75 Å². The Bertz CT molecular complexity index is 514. The number of nitrogens with one attached hydrogen (secondary N) is 1. The van der Waals surface area contributed by atoms with E-state index < -0.39 is 15.6 Å². The van der Waals surface area contributed by atoms with E-state index in [0.29, 0.717) is 0 Å². The van der Waals surface area contributed by atoms with Gasteiger partial charge in [0.15, 0.2) is 0 Å². The minimum atomic E-state index is -3.37. The van der Waals surface area contributed by atoms with Gasteiger partial charge in [-0.1, -0.05) is 51.1 Å². The summed E-state index contributed by atoms with van der Waals surface area (Å²) in [5, 5.41) is 0. The molecule has 0 bridgehead atoms. The van der Waals surface area contributed by atoms with Gasteiger partial charge in [0.2, 0.25) is 10.0 Å². The van der Waals surface area contributed by atoms with Gasteiger partial charge in [0.1, 0.15) is 0 Å². The molecule has 0 amide bonds. The van der Waals surface area contributed by atoms with Crippen LogP contribution < -0.4 is 10.5 Å². The van der Waals surface area contributed by atoms with Crippen LogP contribution >= 0.6 is 0 Å². The highest BCUT2D eigenvalue weighted by atomic mass is 32.2. The van der Waals surface area contributed by atoms with Crippen LogP contribution in [0.15, 0.2) is 30.3 Å². The van der Waals surface area contributed by atoms with Gasteiger partial charge >= 0.3 is 0 Å². The molecule has 20 heavy (non-hydrogen) atoms. The van der Waals surface area contributed by atoms with Gasteiger partial charge in [-0.05, 0) is 24.3 Å². The average molecular weight is 298 g/mol. The Morgan fingerprint density at radius 3 is 2.20 bits per heavy atom. The molecule has 0 fully saturated rings.